The minimum Gasteiger partial charge on any atom is -0.319 e. The number of nitrogens with one attached hydrogen (secondary N) is 1. The van der Waals surface area contributed by atoms with Crippen LogP contribution < -0.4 is 5.32 Å². The Morgan fingerprint density at radius 1 is 1.18 bits per heavy atom. The van der Waals surface area contributed by atoms with Crippen LogP contribution >= 0.6 is 11.6 Å². The summed E-state index contributed by atoms with van der Waals surface area (Å²) in [6, 6.07) is 15.2. The number of aryl methyl sites for hydroxylation is 2. The van der Waals surface area contributed by atoms with Crippen LogP contribution in [0, 0.1) is 6.92 Å². The average molecular weight is 392 g/mol. The molecule has 1 spiro atoms. The number of aromatic nitrogens is 1. The van der Waals surface area contributed by atoms with Crippen LogP contribution in [0.2, 0.25) is 5.15 Å². The summed E-state index contributed by atoms with van der Waals surface area (Å²) in [5, 5.41) is 4.18. The normalized spacial score (nSPS) is 20.9. The third-order valence-corrected chi connectivity index (χ3v) is 6.08. The van der Waals surface area contributed by atoms with Crippen molar-refractivity contribution < 1.29 is 9.59 Å². The number of urea groups is 1. The Labute approximate surface area is 167 Å². The monoisotopic (exact) mass is 391 g/mol. The molecular weight excluding hydrogens is 374 g/mol. The van der Waals surface area contributed by atoms with Crippen molar-refractivity contribution in [2.45, 2.75) is 31.8 Å². The number of nitrogens with zero attached hydrogens (tertiary/aromatic N) is 2. The van der Waals surface area contributed by atoms with E-state index in [9.17, 15) is 9.59 Å². The van der Waals surface area contributed by atoms with E-state index in [4.69, 9.17) is 11.6 Å². The lowest BCUT2D eigenvalue weighted by molar-refractivity contribution is -0.132. The summed E-state index contributed by atoms with van der Waals surface area (Å²) >= 11 is 6.38. The molecule has 1 aliphatic heterocycles. The fourth-order valence-corrected chi connectivity index (χ4v) is 4.52. The molecule has 3 amide bonds. The first-order chi connectivity index (χ1) is 13.5. The molecule has 0 unspecified atom stereocenters. The van der Waals surface area contributed by atoms with Gasteiger partial charge < -0.3 is 5.32 Å². The highest BCUT2D eigenvalue weighted by Crippen LogP contribution is 2.41. The van der Waals surface area contributed by atoms with Crippen molar-refractivity contribution in [2.75, 3.05) is 0 Å². The number of rotatable bonds is 2. The highest BCUT2D eigenvalue weighted by Gasteiger charge is 2.55. The average Bonchev–Trinajstić information content (AvgIpc) is 3.16. The quantitative estimate of drug-likeness (QED) is 0.528. The number of imide groups is 1. The molecule has 1 fully saturated rings. The Morgan fingerprint density at radius 2 is 2.00 bits per heavy atom. The van der Waals surface area contributed by atoms with Crippen molar-refractivity contribution in [2.24, 2.45) is 0 Å². The van der Waals surface area contributed by atoms with E-state index in [0.717, 1.165) is 34.0 Å². The van der Waals surface area contributed by atoms with E-state index < -0.39 is 5.54 Å². The largest absolute Gasteiger partial charge is 0.325 e. The zero-order chi connectivity index (χ0) is 19.5. The molecule has 1 atom stereocenters. The number of carbonyl (C=O) groups is 2. The second-order valence-electron chi connectivity index (χ2n) is 7.52. The fourth-order valence-electron chi connectivity index (χ4n) is 4.31. The van der Waals surface area contributed by atoms with Crippen LogP contribution in [-0.2, 0) is 23.3 Å². The third kappa shape index (κ3) is 2.43. The Bertz CT molecular complexity index is 1160. The molecule has 6 heteroatoms. The molecule has 1 N–H and O–H groups in total. The second kappa shape index (κ2) is 6.04. The van der Waals surface area contributed by atoms with Crippen molar-refractivity contribution in [3.63, 3.8) is 0 Å². The van der Waals surface area contributed by atoms with E-state index in [1.165, 1.54) is 4.90 Å². The van der Waals surface area contributed by atoms with Gasteiger partial charge >= 0.3 is 6.03 Å². The van der Waals surface area contributed by atoms with Crippen molar-refractivity contribution in [1.29, 1.82) is 0 Å². The highest BCUT2D eigenvalue weighted by atomic mass is 35.5. The van der Waals surface area contributed by atoms with Gasteiger partial charge in [-0.15, -0.1) is 0 Å². The van der Waals surface area contributed by atoms with Gasteiger partial charge in [-0.25, -0.2) is 9.78 Å². The second-order valence-corrected chi connectivity index (χ2v) is 7.88. The van der Waals surface area contributed by atoms with E-state index in [1.807, 2.05) is 55.5 Å². The van der Waals surface area contributed by atoms with Gasteiger partial charge in [-0.2, -0.15) is 0 Å². The predicted octanol–water partition coefficient (Wildman–Crippen LogP) is 4.09. The minimum atomic E-state index is -0.957. The molecule has 5 rings (SSSR count). The molecule has 1 aromatic heterocycles. The number of amides is 3. The summed E-state index contributed by atoms with van der Waals surface area (Å²) in [7, 11) is 0. The molecule has 0 radical (unpaired) electrons. The first-order valence-corrected chi connectivity index (χ1v) is 9.64. The van der Waals surface area contributed by atoms with Crippen LogP contribution in [0.4, 0.5) is 4.79 Å². The lowest BCUT2D eigenvalue weighted by Gasteiger charge is -2.22. The number of benzene rings is 2. The van der Waals surface area contributed by atoms with Gasteiger partial charge in [0, 0.05) is 10.9 Å². The van der Waals surface area contributed by atoms with Crippen molar-refractivity contribution in [1.82, 2.24) is 15.2 Å². The van der Waals surface area contributed by atoms with Crippen LogP contribution in [0.25, 0.3) is 10.9 Å². The van der Waals surface area contributed by atoms with Crippen LogP contribution in [-0.4, -0.2) is 21.8 Å². The van der Waals surface area contributed by atoms with E-state index in [-0.39, 0.29) is 18.5 Å². The summed E-state index contributed by atoms with van der Waals surface area (Å²) in [6.45, 7) is 2.10. The number of fused-ring (bicyclic) bond motifs is 3. The summed E-state index contributed by atoms with van der Waals surface area (Å²) in [6.07, 6.45) is 1.35. The first kappa shape index (κ1) is 17.2. The van der Waals surface area contributed by atoms with E-state index in [0.29, 0.717) is 17.1 Å². The predicted molar refractivity (Wildman–Crippen MR) is 107 cm³/mol. The van der Waals surface area contributed by atoms with E-state index >= 15 is 0 Å². The van der Waals surface area contributed by atoms with Gasteiger partial charge in [0.05, 0.1) is 12.1 Å². The van der Waals surface area contributed by atoms with Crippen molar-refractivity contribution in [3.05, 3.63) is 75.9 Å². The van der Waals surface area contributed by atoms with Gasteiger partial charge in [-0.1, -0.05) is 48.0 Å². The fraction of sp³-hybridized carbons (Fsp3) is 0.227. The number of halogens is 1. The Morgan fingerprint density at radius 3 is 2.86 bits per heavy atom. The van der Waals surface area contributed by atoms with Gasteiger partial charge in [0.2, 0.25) is 0 Å². The molecule has 1 aliphatic carbocycles. The van der Waals surface area contributed by atoms with E-state index in [1.54, 1.807) is 0 Å². The molecule has 3 aromatic rings. The lowest BCUT2D eigenvalue weighted by Crippen LogP contribution is -2.41. The zero-order valence-corrected chi connectivity index (χ0v) is 16.1. The van der Waals surface area contributed by atoms with Gasteiger partial charge in [0.1, 0.15) is 10.7 Å². The summed E-state index contributed by atoms with van der Waals surface area (Å²) in [4.78, 5) is 31.7. The Hall–Kier alpha value is -2.92. The molecule has 5 nitrogen and oxygen atoms in total. The topological polar surface area (TPSA) is 62.3 Å². The first-order valence-electron chi connectivity index (χ1n) is 9.26. The SMILES string of the molecule is Cc1ccc2cc(CN3C(=O)N[C@@]4(CCc5ccccc54)C3=O)c(Cl)nc2c1. The lowest BCUT2D eigenvalue weighted by atomic mass is 9.92. The maximum absolute atomic E-state index is 13.3. The zero-order valence-electron chi connectivity index (χ0n) is 15.3. The molecule has 2 aliphatic rings. The smallest absolute Gasteiger partial charge is 0.319 e. The molecule has 1 saturated heterocycles. The molecule has 0 saturated carbocycles. The van der Waals surface area contributed by atoms with Crippen molar-refractivity contribution in [3.8, 4) is 0 Å². The Balaban J connectivity index is 1.51. The summed E-state index contributed by atoms with van der Waals surface area (Å²) in [5.74, 6) is -0.220. The van der Waals surface area contributed by atoms with Gasteiger partial charge in [-0.3, -0.25) is 9.69 Å². The number of pyridine rings is 1. The van der Waals surface area contributed by atoms with Gasteiger partial charge in [-0.05, 0) is 48.6 Å². The number of hydrogen-bond acceptors (Lipinski definition) is 3. The van der Waals surface area contributed by atoms with Crippen LogP contribution in [0.1, 0.15) is 28.7 Å². The molecule has 28 heavy (non-hydrogen) atoms. The van der Waals surface area contributed by atoms with Gasteiger partial charge in [0.25, 0.3) is 5.91 Å². The standard InChI is InChI=1S/C22H18ClN3O2/c1-13-6-7-15-11-16(19(23)24-18(15)10-13)12-26-20(27)22(25-21(26)28)9-8-14-4-2-3-5-17(14)22/h2-7,10-11H,8-9,12H2,1H3,(H,25,28)/t22-/m1/s1. The maximum atomic E-state index is 13.3. The molecule has 140 valence electrons. The molecule has 0 bridgehead atoms. The number of carbonyl (C=O) groups excluding carboxylic acids is 2. The molecule has 2 heterocycles. The summed E-state index contributed by atoms with van der Waals surface area (Å²) < 4.78 is 0. The van der Waals surface area contributed by atoms with Crippen LogP contribution in [0.3, 0.4) is 0 Å². The van der Waals surface area contributed by atoms with E-state index in [2.05, 4.69) is 10.3 Å². The Kier molecular flexibility index (Phi) is 3.71. The number of hydrogen-bond donors (Lipinski definition) is 1. The molecular formula is C22H18ClN3O2. The summed E-state index contributed by atoms with van der Waals surface area (Å²) in [5.41, 5.74) is 3.60. The third-order valence-electron chi connectivity index (χ3n) is 5.75. The van der Waals surface area contributed by atoms with Crippen LogP contribution in [0.15, 0.2) is 48.5 Å². The maximum Gasteiger partial charge on any atom is 0.325 e. The van der Waals surface area contributed by atoms with Crippen molar-refractivity contribution >= 4 is 34.4 Å². The molecule has 2 aromatic carbocycles. The minimum absolute atomic E-state index is 0.101. The van der Waals surface area contributed by atoms with Gasteiger partial charge in [0.15, 0.2) is 0 Å². The highest BCUT2D eigenvalue weighted by molar-refractivity contribution is 6.30. The van der Waals surface area contributed by atoms with Crippen LogP contribution in [0.5, 0.6) is 0 Å².